The Morgan fingerprint density at radius 1 is 1.36 bits per heavy atom. The van der Waals surface area contributed by atoms with E-state index in [4.69, 9.17) is 4.84 Å². The van der Waals surface area contributed by atoms with E-state index in [0.717, 1.165) is 11.4 Å². The Labute approximate surface area is 89.0 Å². The summed E-state index contributed by atoms with van der Waals surface area (Å²) in [6, 6.07) is 7.26. The zero-order chi connectivity index (χ0) is 9.68. The van der Waals surface area contributed by atoms with E-state index >= 15 is 0 Å². The molecule has 0 aromatic heterocycles. The van der Waals surface area contributed by atoms with Gasteiger partial charge in [0.1, 0.15) is 0 Å². The van der Waals surface area contributed by atoms with Gasteiger partial charge in [-0.25, -0.2) is 0 Å². The molecule has 0 saturated carbocycles. The van der Waals surface area contributed by atoms with E-state index in [1.807, 2.05) is 18.2 Å². The van der Waals surface area contributed by atoms with Crippen LogP contribution < -0.4 is 10.8 Å². The molecule has 0 radical (unpaired) electrons. The number of carbonyl (C=O) groups excluding carboxylic acids is 1. The lowest BCUT2D eigenvalue weighted by Crippen LogP contribution is -2.06. The minimum atomic E-state index is -0.0884. The molecule has 14 heavy (non-hydrogen) atoms. The molecule has 4 nitrogen and oxygen atoms in total. The van der Waals surface area contributed by atoms with Gasteiger partial charge < -0.3 is 5.32 Å². The third kappa shape index (κ3) is 4.11. The fourth-order valence-electron chi connectivity index (χ4n) is 0.982. The van der Waals surface area contributed by atoms with Crippen LogP contribution in [0.1, 0.15) is 6.92 Å². The van der Waals surface area contributed by atoms with Crippen molar-refractivity contribution in [3.05, 3.63) is 24.3 Å². The zero-order valence-corrected chi connectivity index (χ0v) is 8.85. The van der Waals surface area contributed by atoms with Crippen molar-refractivity contribution in [2.75, 3.05) is 17.9 Å². The molecule has 1 rings (SSSR count). The minimum absolute atomic E-state index is 0. The van der Waals surface area contributed by atoms with Gasteiger partial charge in [0.05, 0.1) is 12.8 Å². The van der Waals surface area contributed by atoms with Crippen molar-refractivity contribution in [1.29, 1.82) is 0 Å². The maximum absolute atomic E-state index is 10.7. The van der Waals surface area contributed by atoms with Crippen LogP contribution in [0.5, 0.6) is 0 Å². The van der Waals surface area contributed by atoms with Gasteiger partial charge >= 0.3 is 0 Å². The summed E-state index contributed by atoms with van der Waals surface area (Å²) < 4.78 is 0. The van der Waals surface area contributed by atoms with Crippen LogP contribution in [0.4, 0.5) is 11.4 Å². The van der Waals surface area contributed by atoms with E-state index in [-0.39, 0.29) is 18.3 Å². The smallest absolute Gasteiger partial charge is 0.221 e. The van der Waals surface area contributed by atoms with Crippen LogP contribution >= 0.6 is 12.4 Å². The lowest BCUT2D eigenvalue weighted by atomic mass is 10.3. The molecule has 1 aromatic rings. The Kier molecular flexibility index (Phi) is 5.67. The van der Waals surface area contributed by atoms with Crippen molar-refractivity contribution in [2.24, 2.45) is 0 Å². The summed E-state index contributed by atoms with van der Waals surface area (Å²) in [5.74, 6) is -0.0884. The number of carbonyl (C=O) groups is 1. The Balaban J connectivity index is 0.00000169. The summed E-state index contributed by atoms with van der Waals surface area (Å²) >= 11 is 0. The van der Waals surface area contributed by atoms with Crippen LogP contribution in [0.3, 0.4) is 0 Å². The van der Waals surface area contributed by atoms with Crippen LogP contribution in [-0.2, 0) is 9.63 Å². The summed E-state index contributed by atoms with van der Waals surface area (Å²) in [5, 5.41) is 2.67. The lowest BCUT2D eigenvalue weighted by Gasteiger charge is -2.05. The normalized spacial score (nSPS) is 8.71. The maximum atomic E-state index is 10.7. The van der Waals surface area contributed by atoms with E-state index in [2.05, 4.69) is 10.8 Å². The molecule has 0 atom stereocenters. The van der Waals surface area contributed by atoms with E-state index in [9.17, 15) is 4.79 Å². The molecule has 1 aromatic carbocycles. The van der Waals surface area contributed by atoms with Gasteiger partial charge in [0, 0.05) is 12.6 Å². The molecule has 0 heterocycles. The number of amides is 1. The first-order valence-corrected chi connectivity index (χ1v) is 3.89. The summed E-state index contributed by atoms with van der Waals surface area (Å²) in [6.07, 6.45) is 0. The molecule has 1 amide bonds. The Morgan fingerprint density at radius 3 is 2.57 bits per heavy atom. The molecule has 78 valence electrons. The second-order valence-corrected chi connectivity index (χ2v) is 2.57. The van der Waals surface area contributed by atoms with E-state index < -0.39 is 0 Å². The third-order valence-electron chi connectivity index (χ3n) is 1.40. The highest BCUT2D eigenvalue weighted by Gasteiger charge is 1.96. The summed E-state index contributed by atoms with van der Waals surface area (Å²) in [4.78, 5) is 15.4. The van der Waals surface area contributed by atoms with Gasteiger partial charge in [-0.2, -0.15) is 0 Å². The first kappa shape index (κ1) is 12.7. The second-order valence-electron chi connectivity index (χ2n) is 2.57. The average molecular weight is 217 g/mol. The molecule has 0 spiro atoms. The Morgan fingerprint density at radius 2 is 2.00 bits per heavy atom. The first-order chi connectivity index (χ1) is 6.22. The highest BCUT2D eigenvalue weighted by atomic mass is 35.5. The maximum Gasteiger partial charge on any atom is 0.221 e. The predicted molar refractivity (Wildman–Crippen MR) is 58.6 cm³/mol. The molecule has 0 saturated heterocycles. The van der Waals surface area contributed by atoms with E-state index in [0.29, 0.717) is 0 Å². The fraction of sp³-hybridized carbons (Fsp3) is 0.222. The summed E-state index contributed by atoms with van der Waals surface area (Å²) in [5.41, 5.74) is 4.21. The topological polar surface area (TPSA) is 50.4 Å². The average Bonchev–Trinajstić information content (AvgIpc) is 2.04. The lowest BCUT2D eigenvalue weighted by molar-refractivity contribution is -0.114. The number of benzene rings is 1. The molecule has 0 bridgehead atoms. The van der Waals surface area contributed by atoms with Gasteiger partial charge in [-0.15, -0.1) is 12.4 Å². The van der Waals surface area contributed by atoms with Crippen LogP contribution in [0.15, 0.2) is 24.3 Å². The second kappa shape index (κ2) is 6.23. The minimum Gasteiger partial charge on any atom is -0.326 e. The first-order valence-electron chi connectivity index (χ1n) is 3.89. The molecule has 5 heteroatoms. The predicted octanol–water partition coefficient (Wildman–Crippen LogP) is 2.04. The van der Waals surface area contributed by atoms with Crippen molar-refractivity contribution in [1.82, 2.24) is 0 Å². The quantitative estimate of drug-likeness (QED) is 0.761. The van der Waals surface area contributed by atoms with Crippen molar-refractivity contribution in [2.45, 2.75) is 6.92 Å². The number of hydrogen-bond acceptors (Lipinski definition) is 3. The van der Waals surface area contributed by atoms with Crippen molar-refractivity contribution in [3.8, 4) is 0 Å². The zero-order valence-electron chi connectivity index (χ0n) is 8.03. The SMILES string of the molecule is CONc1cccc(NC(C)=O)c1.Cl. The van der Waals surface area contributed by atoms with E-state index in [1.165, 1.54) is 14.0 Å². The molecule has 0 fully saturated rings. The van der Waals surface area contributed by atoms with Crippen LogP contribution in [0.2, 0.25) is 0 Å². The Hall–Kier alpha value is -1.26. The Bertz CT molecular complexity index is 305. The number of nitrogens with one attached hydrogen (secondary N) is 2. The fourth-order valence-corrected chi connectivity index (χ4v) is 0.982. The molecule has 0 aliphatic rings. The summed E-state index contributed by atoms with van der Waals surface area (Å²) in [6.45, 7) is 1.47. The monoisotopic (exact) mass is 216 g/mol. The largest absolute Gasteiger partial charge is 0.326 e. The molecule has 0 aliphatic heterocycles. The van der Waals surface area contributed by atoms with Crippen LogP contribution in [0, 0.1) is 0 Å². The molecule has 2 N–H and O–H groups in total. The third-order valence-corrected chi connectivity index (χ3v) is 1.40. The standard InChI is InChI=1S/C9H12N2O2.ClH/c1-7(12)10-8-4-3-5-9(6-8)11-13-2;/h3-6,11H,1-2H3,(H,10,12);1H. The number of hydrogen-bond donors (Lipinski definition) is 2. The van der Waals surface area contributed by atoms with E-state index in [1.54, 1.807) is 6.07 Å². The molecular weight excluding hydrogens is 204 g/mol. The van der Waals surface area contributed by atoms with Gasteiger partial charge in [0.25, 0.3) is 0 Å². The van der Waals surface area contributed by atoms with Crippen LogP contribution in [0.25, 0.3) is 0 Å². The van der Waals surface area contributed by atoms with Gasteiger partial charge in [-0.1, -0.05) is 6.07 Å². The highest BCUT2D eigenvalue weighted by molar-refractivity contribution is 5.89. The van der Waals surface area contributed by atoms with Gasteiger partial charge in [0.2, 0.25) is 5.91 Å². The van der Waals surface area contributed by atoms with Crippen molar-refractivity contribution in [3.63, 3.8) is 0 Å². The molecule has 0 aliphatic carbocycles. The van der Waals surface area contributed by atoms with Crippen molar-refractivity contribution < 1.29 is 9.63 Å². The van der Waals surface area contributed by atoms with Gasteiger partial charge in [-0.05, 0) is 18.2 Å². The van der Waals surface area contributed by atoms with Gasteiger partial charge in [-0.3, -0.25) is 15.1 Å². The number of halogens is 1. The highest BCUT2D eigenvalue weighted by Crippen LogP contribution is 2.14. The molecular formula is C9H13ClN2O2. The van der Waals surface area contributed by atoms with Gasteiger partial charge in [0.15, 0.2) is 0 Å². The number of anilines is 2. The van der Waals surface area contributed by atoms with Crippen LogP contribution in [-0.4, -0.2) is 13.0 Å². The number of rotatable bonds is 3. The molecule has 0 unspecified atom stereocenters. The van der Waals surface area contributed by atoms with Crippen molar-refractivity contribution >= 4 is 29.7 Å². The summed E-state index contributed by atoms with van der Waals surface area (Å²) in [7, 11) is 1.53.